The highest BCUT2D eigenvalue weighted by Crippen LogP contribution is 2.31. The fourth-order valence-corrected chi connectivity index (χ4v) is 5.85. The Morgan fingerprint density at radius 3 is 2.49 bits per heavy atom. The summed E-state index contributed by atoms with van der Waals surface area (Å²) in [6.45, 7) is 8.01. The maximum atomic E-state index is 14.2. The Morgan fingerprint density at radius 2 is 1.78 bits per heavy atom. The van der Waals surface area contributed by atoms with Crippen molar-refractivity contribution in [2.24, 2.45) is 4.99 Å². The molecular formula is C33H31FN2O4S. The third-order valence-corrected chi connectivity index (χ3v) is 7.97. The number of benzene rings is 3. The highest BCUT2D eigenvalue weighted by molar-refractivity contribution is 7.07. The molecule has 210 valence electrons. The highest BCUT2D eigenvalue weighted by atomic mass is 32.1. The van der Waals surface area contributed by atoms with Crippen molar-refractivity contribution in [2.75, 3.05) is 6.61 Å². The smallest absolute Gasteiger partial charge is 0.338 e. The molecule has 5 rings (SSSR count). The van der Waals surface area contributed by atoms with Crippen LogP contribution in [0.3, 0.4) is 0 Å². The van der Waals surface area contributed by atoms with Crippen LogP contribution in [0.1, 0.15) is 61.9 Å². The first-order valence-corrected chi connectivity index (χ1v) is 14.3. The molecule has 1 aliphatic heterocycles. The van der Waals surface area contributed by atoms with Crippen LogP contribution in [-0.4, -0.2) is 17.1 Å². The largest absolute Gasteiger partial charge is 0.488 e. The summed E-state index contributed by atoms with van der Waals surface area (Å²) < 4.78 is 27.5. The Morgan fingerprint density at radius 1 is 1.07 bits per heavy atom. The van der Waals surface area contributed by atoms with Crippen molar-refractivity contribution in [3.8, 4) is 5.75 Å². The molecule has 0 aliphatic carbocycles. The summed E-state index contributed by atoms with van der Waals surface area (Å²) in [5.41, 5.74) is 3.66. The second kappa shape index (κ2) is 12.1. The summed E-state index contributed by atoms with van der Waals surface area (Å²) in [7, 11) is 0. The van der Waals surface area contributed by atoms with Crippen LogP contribution < -0.4 is 19.6 Å². The zero-order valence-electron chi connectivity index (χ0n) is 23.4. The Labute approximate surface area is 241 Å². The number of rotatable bonds is 8. The number of para-hydroxylation sites is 1. The summed E-state index contributed by atoms with van der Waals surface area (Å²) >= 11 is 1.25. The van der Waals surface area contributed by atoms with Crippen molar-refractivity contribution in [3.63, 3.8) is 0 Å². The predicted octanol–water partition coefficient (Wildman–Crippen LogP) is 5.64. The number of carbonyl (C=O) groups excluding carboxylic acids is 1. The van der Waals surface area contributed by atoms with Gasteiger partial charge >= 0.3 is 5.97 Å². The number of carbonyl (C=O) groups is 1. The lowest BCUT2D eigenvalue weighted by molar-refractivity contribution is -0.139. The second-order valence-electron chi connectivity index (χ2n) is 10.0. The fraction of sp³-hybridized carbons (Fsp3) is 0.242. The third kappa shape index (κ3) is 5.79. The normalized spacial score (nSPS) is 15.1. The highest BCUT2D eigenvalue weighted by Gasteiger charge is 2.33. The van der Waals surface area contributed by atoms with Crippen LogP contribution in [0.15, 0.2) is 93.9 Å². The Balaban J connectivity index is 1.60. The number of hydrogen-bond acceptors (Lipinski definition) is 6. The molecule has 0 spiro atoms. The molecule has 41 heavy (non-hydrogen) atoms. The van der Waals surface area contributed by atoms with E-state index in [9.17, 15) is 14.0 Å². The van der Waals surface area contributed by atoms with E-state index in [-0.39, 0.29) is 24.6 Å². The van der Waals surface area contributed by atoms with Crippen LogP contribution in [0.5, 0.6) is 5.75 Å². The van der Waals surface area contributed by atoms with Crippen LogP contribution in [0.4, 0.5) is 4.39 Å². The molecule has 0 fully saturated rings. The molecule has 0 bridgehead atoms. The molecular weight excluding hydrogens is 539 g/mol. The van der Waals surface area contributed by atoms with Crippen LogP contribution in [0.25, 0.3) is 6.08 Å². The molecule has 2 heterocycles. The summed E-state index contributed by atoms with van der Waals surface area (Å²) in [5, 5.41) is 0. The van der Waals surface area contributed by atoms with E-state index in [4.69, 9.17) is 9.47 Å². The maximum absolute atomic E-state index is 14.2. The minimum absolute atomic E-state index is 0.0489. The van der Waals surface area contributed by atoms with Crippen LogP contribution in [-0.2, 0) is 16.1 Å². The van der Waals surface area contributed by atoms with Gasteiger partial charge < -0.3 is 9.47 Å². The lowest BCUT2D eigenvalue weighted by atomic mass is 9.93. The maximum Gasteiger partial charge on any atom is 0.338 e. The van der Waals surface area contributed by atoms with E-state index in [1.807, 2.05) is 42.5 Å². The fourth-order valence-electron chi connectivity index (χ4n) is 4.81. The quantitative estimate of drug-likeness (QED) is 0.257. The van der Waals surface area contributed by atoms with E-state index in [1.54, 1.807) is 48.8 Å². The molecule has 8 heteroatoms. The van der Waals surface area contributed by atoms with Crippen LogP contribution in [0, 0.1) is 5.82 Å². The first-order chi connectivity index (χ1) is 19.8. The molecule has 0 saturated carbocycles. The number of esters is 1. The van der Waals surface area contributed by atoms with Gasteiger partial charge in [-0.15, -0.1) is 0 Å². The van der Waals surface area contributed by atoms with E-state index < -0.39 is 12.0 Å². The van der Waals surface area contributed by atoms with Crippen LogP contribution >= 0.6 is 11.3 Å². The topological polar surface area (TPSA) is 69.9 Å². The number of halogens is 1. The molecule has 3 aromatic carbocycles. The van der Waals surface area contributed by atoms with Gasteiger partial charge in [0, 0.05) is 11.1 Å². The molecule has 0 N–H and O–H groups in total. The van der Waals surface area contributed by atoms with Gasteiger partial charge in [-0.05, 0) is 49.1 Å². The lowest BCUT2D eigenvalue weighted by Crippen LogP contribution is -2.39. The van der Waals surface area contributed by atoms with Crippen molar-refractivity contribution in [1.82, 2.24) is 4.57 Å². The lowest BCUT2D eigenvalue weighted by Gasteiger charge is -2.25. The summed E-state index contributed by atoms with van der Waals surface area (Å²) in [6.07, 6.45) is 1.75. The Kier molecular flexibility index (Phi) is 8.31. The zero-order valence-corrected chi connectivity index (χ0v) is 24.2. The van der Waals surface area contributed by atoms with Gasteiger partial charge in [0.15, 0.2) is 4.80 Å². The standard InChI is InChI=1S/C33H31FN2O4S/c1-5-39-32(38)29-21(4)35-33-36(30(29)23-16-14-22(15-17-23)20(2)3)31(37)28(41-33)18-24-10-7-9-13-27(24)40-19-25-11-6-8-12-26(25)34/h6-18,20,30H,5,19H2,1-4H3/b28-18-. The third-order valence-electron chi connectivity index (χ3n) is 6.98. The molecule has 0 radical (unpaired) electrons. The minimum Gasteiger partial charge on any atom is -0.488 e. The van der Waals surface area contributed by atoms with Crippen molar-refractivity contribution in [2.45, 2.75) is 46.3 Å². The first kappa shape index (κ1) is 28.2. The van der Waals surface area contributed by atoms with Gasteiger partial charge in [0.25, 0.3) is 5.56 Å². The first-order valence-electron chi connectivity index (χ1n) is 13.5. The van der Waals surface area contributed by atoms with Crippen molar-refractivity contribution in [3.05, 3.63) is 132 Å². The molecule has 1 atom stereocenters. The minimum atomic E-state index is -0.679. The predicted molar refractivity (Wildman–Crippen MR) is 158 cm³/mol. The monoisotopic (exact) mass is 570 g/mol. The number of fused-ring (bicyclic) bond motifs is 1. The molecule has 1 aromatic heterocycles. The zero-order chi connectivity index (χ0) is 29.1. The molecule has 6 nitrogen and oxygen atoms in total. The molecule has 4 aromatic rings. The van der Waals surface area contributed by atoms with Crippen molar-refractivity contribution >= 4 is 23.4 Å². The van der Waals surface area contributed by atoms with E-state index in [1.165, 1.54) is 17.4 Å². The average Bonchev–Trinajstić information content (AvgIpc) is 3.26. The number of nitrogens with zero attached hydrogens (tertiary/aromatic N) is 2. The van der Waals surface area contributed by atoms with Gasteiger partial charge in [-0.2, -0.15) is 0 Å². The van der Waals surface area contributed by atoms with Gasteiger partial charge in [-0.3, -0.25) is 9.36 Å². The summed E-state index contributed by atoms with van der Waals surface area (Å²) in [4.78, 5) is 32.2. The van der Waals surface area contributed by atoms with Crippen molar-refractivity contribution in [1.29, 1.82) is 0 Å². The Hall–Kier alpha value is -4.30. The molecule has 0 amide bonds. The molecule has 1 aliphatic rings. The number of hydrogen-bond donors (Lipinski definition) is 0. The van der Waals surface area contributed by atoms with Gasteiger partial charge in [-0.1, -0.05) is 85.8 Å². The van der Waals surface area contributed by atoms with E-state index in [0.717, 1.165) is 11.1 Å². The molecule has 1 unspecified atom stereocenters. The van der Waals surface area contributed by atoms with Crippen molar-refractivity contribution < 1.29 is 18.7 Å². The van der Waals surface area contributed by atoms with E-state index >= 15 is 0 Å². The number of allylic oxidation sites excluding steroid dienone is 1. The average molecular weight is 571 g/mol. The number of ether oxygens (including phenoxy) is 2. The van der Waals surface area contributed by atoms with Gasteiger partial charge in [-0.25, -0.2) is 14.2 Å². The molecule has 0 saturated heterocycles. The van der Waals surface area contributed by atoms with E-state index in [2.05, 4.69) is 18.8 Å². The van der Waals surface area contributed by atoms with Gasteiger partial charge in [0.1, 0.15) is 18.2 Å². The van der Waals surface area contributed by atoms with Crippen LogP contribution in [0.2, 0.25) is 0 Å². The number of thiazole rings is 1. The summed E-state index contributed by atoms with van der Waals surface area (Å²) in [5.74, 6) is 0.0275. The number of aromatic nitrogens is 1. The second-order valence-corrected chi connectivity index (χ2v) is 11.1. The summed E-state index contributed by atoms with van der Waals surface area (Å²) in [6, 6.07) is 21.0. The Bertz CT molecular complexity index is 1800. The van der Waals surface area contributed by atoms with Gasteiger partial charge in [0.2, 0.25) is 0 Å². The van der Waals surface area contributed by atoms with E-state index in [0.29, 0.717) is 43.4 Å². The SMILES string of the molecule is CCOC(=O)C1=C(C)N=c2s/c(=C\c3ccccc3OCc3ccccc3F)c(=O)n2C1c1ccc(C(C)C)cc1. The van der Waals surface area contributed by atoms with Gasteiger partial charge in [0.05, 0.1) is 28.5 Å².